The van der Waals surface area contributed by atoms with Crippen LogP contribution in [-0.4, -0.2) is 30.6 Å². The smallest absolute Gasteiger partial charge is 0.207 e. The molecule has 0 radical (unpaired) electrons. The average Bonchev–Trinajstić information content (AvgIpc) is 2.88. The van der Waals surface area contributed by atoms with E-state index < -0.39 is 10.0 Å². The van der Waals surface area contributed by atoms with E-state index >= 15 is 0 Å². The topological polar surface area (TPSA) is 37.4 Å². The molecule has 1 aliphatic heterocycles. The Morgan fingerprint density at radius 3 is 2.80 bits per heavy atom. The van der Waals surface area contributed by atoms with Crippen molar-refractivity contribution in [1.29, 1.82) is 0 Å². The van der Waals surface area contributed by atoms with Gasteiger partial charge in [-0.25, -0.2) is 8.42 Å². The lowest BCUT2D eigenvalue weighted by molar-refractivity contribution is 0.369. The van der Waals surface area contributed by atoms with Gasteiger partial charge in [0.25, 0.3) is 0 Å². The highest BCUT2D eigenvalue weighted by atomic mass is 79.9. The summed E-state index contributed by atoms with van der Waals surface area (Å²) in [5.74, 6) is 0. The second-order valence-electron chi connectivity index (χ2n) is 4.82. The summed E-state index contributed by atoms with van der Waals surface area (Å²) < 4.78 is 27.7. The van der Waals surface area contributed by atoms with Crippen molar-refractivity contribution < 1.29 is 8.42 Å². The van der Waals surface area contributed by atoms with E-state index in [9.17, 15) is 8.42 Å². The highest BCUT2D eigenvalue weighted by Crippen LogP contribution is 2.31. The van der Waals surface area contributed by atoms with Crippen LogP contribution in [0.15, 0.2) is 27.6 Å². The Balaban J connectivity index is 2.26. The van der Waals surface area contributed by atoms with Crippen LogP contribution < -0.4 is 0 Å². The number of benzene rings is 1. The molecule has 1 atom stereocenters. The van der Waals surface area contributed by atoms with Crippen molar-refractivity contribution in [3.8, 4) is 0 Å². The van der Waals surface area contributed by atoms with Crippen molar-refractivity contribution in [2.75, 3.05) is 11.9 Å². The minimum atomic E-state index is -3.43. The summed E-state index contributed by atoms with van der Waals surface area (Å²) in [6, 6.07) is 4.88. The van der Waals surface area contributed by atoms with Gasteiger partial charge >= 0.3 is 0 Å². The van der Waals surface area contributed by atoms with Crippen LogP contribution >= 0.6 is 43.5 Å². The number of rotatable bonds is 5. The first-order valence-electron chi connectivity index (χ1n) is 6.49. The van der Waals surface area contributed by atoms with Crippen LogP contribution in [0.1, 0.15) is 25.7 Å². The third kappa shape index (κ3) is 3.58. The molecule has 3 nitrogen and oxygen atoms in total. The molecular formula is C13H16Br2ClNO2S. The van der Waals surface area contributed by atoms with E-state index in [-0.39, 0.29) is 6.04 Å². The van der Waals surface area contributed by atoms with Crippen LogP contribution in [0.3, 0.4) is 0 Å². The van der Waals surface area contributed by atoms with E-state index in [1.165, 1.54) is 0 Å². The lowest BCUT2D eigenvalue weighted by Gasteiger charge is -2.24. The largest absolute Gasteiger partial charge is 0.243 e. The quantitative estimate of drug-likeness (QED) is 0.629. The second kappa shape index (κ2) is 7.09. The number of nitrogens with zero attached hydrogens (tertiary/aromatic N) is 1. The van der Waals surface area contributed by atoms with E-state index in [2.05, 4.69) is 31.9 Å². The molecule has 1 aromatic rings. The molecule has 0 bridgehead atoms. The summed E-state index contributed by atoms with van der Waals surface area (Å²) in [7, 11) is -3.43. The molecule has 112 valence electrons. The number of hydrogen-bond donors (Lipinski definition) is 0. The zero-order valence-corrected chi connectivity index (χ0v) is 15.6. The van der Waals surface area contributed by atoms with Gasteiger partial charge in [-0.3, -0.25) is 0 Å². The molecule has 1 aromatic carbocycles. The van der Waals surface area contributed by atoms with E-state index in [1.54, 1.807) is 22.5 Å². The Morgan fingerprint density at radius 1 is 1.40 bits per heavy atom. The molecule has 1 saturated heterocycles. The standard InChI is InChI=1S/C13H16Br2ClNO2S/c14-7-1-3-10-4-2-8-17(10)20(18,19)11-5-6-13(16)12(15)9-11/h5-6,9-10H,1-4,7-8H2. The van der Waals surface area contributed by atoms with Crippen molar-refractivity contribution in [1.82, 2.24) is 4.31 Å². The van der Waals surface area contributed by atoms with Crippen LogP contribution in [-0.2, 0) is 10.0 Å². The molecule has 0 saturated carbocycles. The molecule has 0 aliphatic carbocycles. The first kappa shape index (κ1) is 16.7. The van der Waals surface area contributed by atoms with Crippen LogP contribution in [0.5, 0.6) is 0 Å². The number of halogens is 3. The molecule has 7 heteroatoms. The fraction of sp³-hybridized carbons (Fsp3) is 0.538. The lowest BCUT2D eigenvalue weighted by Crippen LogP contribution is -2.35. The Morgan fingerprint density at radius 2 is 2.15 bits per heavy atom. The van der Waals surface area contributed by atoms with E-state index in [0.29, 0.717) is 20.9 Å². The highest BCUT2D eigenvalue weighted by Gasteiger charge is 2.34. The molecule has 1 unspecified atom stereocenters. The van der Waals surface area contributed by atoms with Gasteiger partial charge in [0.2, 0.25) is 10.0 Å². The molecule has 0 spiro atoms. The van der Waals surface area contributed by atoms with Gasteiger partial charge in [-0.2, -0.15) is 4.31 Å². The number of hydrogen-bond acceptors (Lipinski definition) is 2. The number of alkyl halides is 1. The van der Waals surface area contributed by atoms with Crippen molar-refractivity contribution >= 4 is 53.5 Å². The maximum Gasteiger partial charge on any atom is 0.243 e. The summed E-state index contributed by atoms with van der Waals surface area (Å²) >= 11 is 12.6. The van der Waals surface area contributed by atoms with Crippen LogP contribution in [0.2, 0.25) is 5.02 Å². The second-order valence-corrected chi connectivity index (χ2v) is 8.76. The molecule has 1 heterocycles. The maximum atomic E-state index is 12.7. The van der Waals surface area contributed by atoms with Gasteiger partial charge in [0.05, 0.1) is 9.92 Å². The molecule has 0 N–H and O–H groups in total. The minimum Gasteiger partial charge on any atom is -0.207 e. The van der Waals surface area contributed by atoms with Gasteiger partial charge < -0.3 is 0 Å². The predicted molar refractivity (Wildman–Crippen MR) is 89.1 cm³/mol. The zero-order valence-electron chi connectivity index (χ0n) is 10.9. The lowest BCUT2D eigenvalue weighted by atomic mass is 10.1. The Hall–Kier alpha value is 0.380. The molecule has 1 aliphatic rings. The SMILES string of the molecule is O=S(=O)(c1ccc(Cl)c(Br)c1)N1CCCC1CCCBr. The highest BCUT2D eigenvalue weighted by molar-refractivity contribution is 9.10. The zero-order chi connectivity index (χ0) is 14.8. The predicted octanol–water partition coefficient (Wildman–Crippen LogP) is 4.43. The third-order valence-electron chi connectivity index (χ3n) is 3.49. The molecule has 1 fully saturated rings. The van der Waals surface area contributed by atoms with Crippen molar-refractivity contribution in [2.24, 2.45) is 0 Å². The fourth-order valence-electron chi connectivity index (χ4n) is 2.50. The van der Waals surface area contributed by atoms with Gasteiger partial charge in [0.15, 0.2) is 0 Å². The Bertz CT molecular complexity index is 580. The molecule has 0 amide bonds. The Labute approximate surface area is 142 Å². The maximum absolute atomic E-state index is 12.7. The number of sulfonamides is 1. The minimum absolute atomic E-state index is 0.118. The van der Waals surface area contributed by atoms with Gasteiger partial charge in [-0.15, -0.1) is 0 Å². The van der Waals surface area contributed by atoms with Crippen LogP contribution in [0.25, 0.3) is 0 Å². The van der Waals surface area contributed by atoms with Crippen molar-refractivity contribution in [3.63, 3.8) is 0 Å². The van der Waals surface area contributed by atoms with Gasteiger partial charge in [-0.05, 0) is 59.8 Å². The first-order chi connectivity index (χ1) is 9.46. The summed E-state index contributed by atoms with van der Waals surface area (Å²) in [5.41, 5.74) is 0. The van der Waals surface area contributed by atoms with Crippen LogP contribution in [0, 0.1) is 0 Å². The fourth-order valence-corrected chi connectivity index (χ4v) is 5.22. The summed E-state index contributed by atoms with van der Waals surface area (Å²) in [5, 5.41) is 1.42. The normalized spacial score (nSPS) is 20.4. The molecular weight excluding hydrogens is 429 g/mol. The Kier molecular flexibility index (Phi) is 5.94. The van der Waals surface area contributed by atoms with Crippen LogP contribution in [0.4, 0.5) is 0 Å². The van der Waals surface area contributed by atoms with Crippen molar-refractivity contribution in [2.45, 2.75) is 36.6 Å². The van der Waals surface area contributed by atoms with E-state index in [4.69, 9.17) is 11.6 Å². The van der Waals surface area contributed by atoms with Gasteiger partial charge in [0.1, 0.15) is 0 Å². The van der Waals surface area contributed by atoms with E-state index in [0.717, 1.165) is 31.0 Å². The molecule has 0 aromatic heterocycles. The van der Waals surface area contributed by atoms with Gasteiger partial charge in [-0.1, -0.05) is 27.5 Å². The third-order valence-corrected chi connectivity index (χ3v) is 7.21. The summed E-state index contributed by atoms with van der Waals surface area (Å²) in [6.45, 7) is 0.607. The van der Waals surface area contributed by atoms with Crippen molar-refractivity contribution in [3.05, 3.63) is 27.7 Å². The van der Waals surface area contributed by atoms with E-state index in [1.807, 2.05) is 0 Å². The average molecular weight is 446 g/mol. The first-order valence-corrected chi connectivity index (χ1v) is 10.2. The summed E-state index contributed by atoms with van der Waals surface area (Å²) in [6.07, 6.45) is 3.77. The van der Waals surface area contributed by atoms with Gasteiger partial charge in [0, 0.05) is 22.4 Å². The monoisotopic (exact) mass is 443 g/mol. The summed E-state index contributed by atoms with van der Waals surface area (Å²) in [4.78, 5) is 0.305. The molecule has 2 rings (SSSR count). The molecule has 20 heavy (non-hydrogen) atoms.